The van der Waals surface area contributed by atoms with Gasteiger partial charge in [0.05, 0.1) is 6.61 Å². The number of carbonyl (C=O) groups is 1. The van der Waals surface area contributed by atoms with Crippen molar-refractivity contribution in [2.75, 3.05) is 13.2 Å². The van der Waals surface area contributed by atoms with Gasteiger partial charge in [-0.1, -0.05) is 0 Å². The molecule has 0 fully saturated rings. The van der Waals surface area contributed by atoms with Crippen molar-refractivity contribution in [2.24, 2.45) is 0 Å². The van der Waals surface area contributed by atoms with Crippen LogP contribution in [0, 0.1) is 0 Å². The summed E-state index contributed by atoms with van der Waals surface area (Å²) in [4.78, 5) is 10.6. The summed E-state index contributed by atoms with van der Waals surface area (Å²) in [5, 5.41) is 0. The maximum Gasteiger partial charge on any atom is 0.399 e. The van der Waals surface area contributed by atoms with E-state index in [1.807, 2.05) is 0 Å². The summed E-state index contributed by atoms with van der Waals surface area (Å²) in [6.07, 6.45) is -6.71. The molecule has 0 amide bonds. The Bertz CT molecular complexity index is 179. The molecule has 14 heavy (non-hydrogen) atoms. The summed E-state index contributed by atoms with van der Waals surface area (Å²) in [6.45, 7) is 3.76. The molecule has 0 heterocycles. The van der Waals surface area contributed by atoms with Crippen LogP contribution in [0.1, 0.15) is 20.3 Å². The molecule has 3 nitrogen and oxygen atoms in total. The molecule has 84 valence electrons. The molecule has 1 unspecified atom stereocenters. The summed E-state index contributed by atoms with van der Waals surface area (Å²) in [7, 11) is 0. The van der Waals surface area contributed by atoms with Gasteiger partial charge in [-0.15, -0.1) is 0 Å². The number of rotatable bonds is 5. The molecule has 0 bridgehead atoms. The van der Waals surface area contributed by atoms with Crippen LogP contribution in [0.2, 0.25) is 0 Å². The molecule has 0 aromatic rings. The number of alkyl halides is 3. The van der Waals surface area contributed by atoms with Crippen molar-refractivity contribution < 1.29 is 27.4 Å². The van der Waals surface area contributed by atoms with E-state index in [4.69, 9.17) is 4.74 Å². The van der Waals surface area contributed by atoms with Gasteiger partial charge in [0.25, 0.3) is 0 Å². The Balaban J connectivity index is 3.71. The number of carbonyl (C=O) groups excluding carboxylic acids is 1. The highest BCUT2D eigenvalue weighted by molar-refractivity contribution is 5.70. The fraction of sp³-hybridized carbons (Fsp3) is 0.875. The van der Waals surface area contributed by atoms with E-state index < -0.39 is 24.7 Å². The van der Waals surface area contributed by atoms with Crippen LogP contribution in [0.5, 0.6) is 0 Å². The van der Waals surface area contributed by atoms with Gasteiger partial charge < -0.3 is 9.47 Å². The highest BCUT2D eigenvalue weighted by atomic mass is 19.4. The zero-order valence-electron chi connectivity index (χ0n) is 8.06. The van der Waals surface area contributed by atoms with Gasteiger partial charge in [0, 0.05) is 6.61 Å². The van der Waals surface area contributed by atoms with Crippen molar-refractivity contribution in [3.63, 3.8) is 0 Å². The maximum absolute atomic E-state index is 11.7. The Labute approximate surface area is 80.2 Å². The molecular weight excluding hydrogens is 201 g/mol. The zero-order chi connectivity index (χ0) is 11.2. The minimum Gasteiger partial charge on any atom is -0.460 e. The predicted octanol–water partition coefficient (Wildman–Crippen LogP) is 1.91. The average Bonchev–Trinajstić information content (AvgIpc) is 1.96. The van der Waals surface area contributed by atoms with Gasteiger partial charge in [-0.05, 0) is 13.8 Å². The van der Waals surface area contributed by atoms with Gasteiger partial charge in [0.15, 0.2) is 0 Å². The van der Waals surface area contributed by atoms with Crippen LogP contribution < -0.4 is 0 Å². The summed E-state index contributed by atoms with van der Waals surface area (Å²) in [5.74, 6) is -1.27. The first-order valence-electron chi connectivity index (χ1n) is 4.19. The number of halogens is 3. The monoisotopic (exact) mass is 214 g/mol. The first kappa shape index (κ1) is 13.2. The Morgan fingerprint density at radius 1 is 1.43 bits per heavy atom. The molecule has 0 aliphatic rings. The lowest BCUT2D eigenvalue weighted by Gasteiger charge is -2.13. The second-order valence-corrected chi connectivity index (χ2v) is 2.75. The molecule has 0 aromatic heterocycles. The Hall–Kier alpha value is -0.780. The third-order valence-electron chi connectivity index (χ3n) is 1.23. The molecule has 6 heteroatoms. The first-order chi connectivity index (χ1) is 6.35. The van der Waals surface area contributed by atoms with Crippen LogP contribution in [0.4, 0.5) is 13.2 Å². The van der Waals surface area contributed by atoms with Crippen LogP contribution in [0.3, 0.4) is 0 Å². The number of esters is 1. The largest absolute Gasteiger partial charge is 0.460 e. The minimum absolute atomic E-state index is 0.111. The Morgan fingerprint density at radius 3 is 2.43 bits per heavy atom. The van der Waals surface area contributed by atoms with Crippen LogP contribution in [-0.2, 0) is 14.3 Å². The van der Waals surface area contributed by atoms with E-state index in [1.54, 1.807) is 6.92 Å². The number of hydrogen-bond donors (Lipinski definition) is 0. The summed E-state index contributed by atoms with van der Waals surface area (Å²) < 4.78 is 44.3. The van der Waals surface area contributed by atoms with E-state index >= 15 is 0 Å². The summed E-state index contributed by atoms with van der Waals surface area (Å²) in [5.41, 5.74) is 0. The average molecular weight is 214 g/mol. The van der Waals surface area contributed by atoms with Crippen LogP contribution in [-0.4, -0.2) is 31.5 Å². The molecule has 0 rings (SSSR count). The van der Waals surface area contributed by atoms with Gasteiger partial charge in [-0.2, -0.15) is 13.2 Å². The smallest absolute Gasteiger partial charge is 0.399 e. The van der Waals surface area contributed by atoms with Gasteiger partial charge in [0.2, 0.25) is 0 Å². The van der Waals surface area contributed by atoms with Crippen molar-refractivity contribution in [2.45, 2.75) is 32.5 Å². The Morgan fingerprint density at radius 2 is 2.00 bits per heavy atom. The molecule has 0 saturated carbocycles. The lowest BCUT2D eigenvalue weighted by molar-refractivity contribution is -0.176. The van der Waals surface area contributed by atoms with Gasteiger partial charge in [-0.25, -0.2) is 0 Å². The van der Waals surface area contributed by atoms with E-state index in [1.165, 1.54) is 6.92 Å². The lowest BCUT2D eigenvalue weighted by atomic mass is 10.4. The quantitative estimate of drug-likeness (QED) is 0.656. The lowest BCUT2D eigenvalue weighted by Crippen LogP contribution is -2.24. The molecule has 0 aromatic carbocycles. The minimum atomic E-state index is -4.51. The number of hydrogen-bond acceptors (Lipinski definition) is 3. The van der Waals surface area contributed by atoms with E-state index in [9.17, 15) is 18.0 Å². The molecule has 0 aliphatic carbocycles. The molecular formula is C8H13F3O3. The number of ether oxygens (including phenoxy) is 2. The first-order valence-corrected chi connectivity index (χ1v) is 4.19. The standard InChI is InChI=1S/C8H13F3O3/c1-3-13-5-6(2)14-7(12)4-8(9,10)11/h6H,3-5H2,1-2H3. The highest BCUT2D eigenvalue weighted by Gasteiger charge is 2.32. The van der Waals surface area contributed by atoms with E-state index in [-0.39, 0.29) is 6.61 Å². The molecule has 0 spiro atoms. The molecule has 1 atom stereocenters. The second-order valence-electron chi connectivity index (χ2n) is 2.75. The van der Waals surface area contributed by atoms with Crippen molar-refractivity contribution in [1.29, 1.82) is 0 Å². The molecule has 0 aliphatic heterocycles. The van der Waals surface area contributed by atoms with Gasteiger partial charge in [-0.3, -0.25) is 4.79 Å². The van der Waals surface area contributed by atoms with E-state index in [2.05, 4.69) is 4.74 Å². The van der Waals surface area contributed by atoms with Crippen LogP contribution in [0.15, 0.2) is 0 Å². The highest BCUT2D eigenvalue weighted by Crippen LogP contribution is 2.20. The fourth-order valence-electron chi connectivity index (χ4n) is 0.748. The topological polar surface area (TPSA) is 35.5 Å². The van der Waals surface area contributed by atoms with Gasteiger partial charge >= 0.3 is 12.1 Å². The third kappa shape index (κ3) is 7.85. The fourth-order valence-corrected chi connectivity index (χ4v) is 0.748. The van der Waals surface area contributed by atoms with Crippen molar-refractivity contribution in [3.8, 4) is 0 Å². The van der Waals surface area contributed by atoms with E-state index in [0.29, 0.717) is 6.61 Å². The normalized spacial score (nSPS) is 13.8. The summed E-state index contributed by atoms with van der Waals surface area (Å²) in [6, 6.07) is 0. The molecule has 0 saturated heterocycles. The summed E-state index contributed by atoms with van der Waals surface area (Å²) >= 11 is 0. The second kappa shape index (κ2) is 5.85. The van der Waals surface area contributed by atoms with Crippen molar-refractivity contribution in [3.05, 3.63) is 0 Å². The predicted molar refractivity (Wildman–Crippen MR) is 42.7 cm³/mol. The SMILES string of the molecule is CCOCC(C)OC(=O)CC(F)(F)F. The van der Waals surface area contributed by atoms with Crippen LogP contribution in [0.25, 0.3) is 0 Å². The van der Waals surface area contributed by atoms with Crippen LogP contribution >= 0.6 is 0 Å². The third-order valence-corrected chi connectivity index (χ3v) is 1.23. The molecule has 0 N–H and O–H groups in total. The Kier molecular flexibility index (Phi) is 5.52. The van der Waals surface area contributed by atoms with Gasteiger partial charge in [0.1, 0.15) is 12.5 Å². The zero-order valence-corrected chi connectivity index (χ0v) is 8.06. The van der Waals surface area contributed by atoms with Crippen molar-refractivity contribution >= 4 is 5.97 Å². The van der Waals surface area contributed by atoms with Crippen molar-refractivity contribution in [1.82, 2.24) is 0 Å². The van der Waals surface area contributed by atoms with E-state index in [0.717, 1.165) is 0 Å². The molecule has 0 radical (unpaired) electrons. The maximum atomic E-state index is 11.7.